The molecule has 0 saturated heterocycles. The average molecular weight is 387 g/mol. The number of tetrazole rings is 1. The standard InChI is InChI=1S/C20H17N7O2/c1-2-29-14-10-8-12(9-11-14)16-15-17(19(28)23-22-16)21-20-24-25-26-27(20)18(15)13-6-4-3-5-7-13/h3-11,18H,2H2,1H3,(H,23,28)(H,21,24,26)/t18-/m0/s1. The molecule has 1 atom stereocenters. The van der Waals surface area contributed by atoms with Gasteiger partial charge in [-0.15, -0.1) is 0 Å². The van der Waals surface area contributed by atoms with Gasteiger partial charge in [-0.1, -0.05) is 35.4 Å². The molecule has 1 aliphatic heterocycles. The summed E-state index contributed by atoms with van der Waals surface area (Å²) < 4.78 is 7.20. The number of ether oxygens (including phenoxy) is 1. The zero-order valence-corrected chi connectivity index (χ0v) is 15.5. The number of aromatic nitrogens is 6. The second kappa shape index (κ2) is 6.86. The summed E-state index contributed by atoms with van der Waals surface area (Å²) >= 11 is 0. The molecule has 0 fully saturated rings. The van der Waals surface area contributed by atoms with Gasteiger partial charge in [-0.2, -0.15) is 9.78 Å². The Kier molecular flexibility index (Phi) is 4.05. The van der Waals surface area contributed by atoms with Crippen molar-refractivity contribution in [2.75, 3.05) is 11.9 Å². The lowest BCUT2D eigenvalue weighted by molar-refractivity contribution is 0.340. The van der Waals surface area contributed by atoms with Gasteiger partial charge in [0.1, 0.15) is 17.5 Å². The van der Waals surface area contributed by atoms with Crippen LogP contribution < -0.4 is 15.6 Å². The molecule has 2 N–H and O–H groups in total. The molecule has 0 unspecified atom stereocenters. The number of fused-ring (bicyclic) bond motifs is 2. The van der Waals surface area contributed by atoms with Crippen LogP contribution in [0.15, 0.2) is 59.4 Å². The number of benzene rings is 2. The van der Waals surface area contributed by atoms with Crippen LogP contribution in [-0.2, 0) is 0 Å². The van der Waals surface area contributed by atoms with E-state index in [2.05, 4.69) is 31.0 Å². The molecule has 0 aliphatic carbocycles. The fourth-order valence-electron chi connectivity index (χ4n) is 3.58. The van der Waals surface area contributed by atoms with Gasteiger partial charge in [0.05, 0.1) is 12.3 Å². The number of H-pyrrole nitrogens is 1. The first-order valence-corrected chi connectivity index (χ1v) is 9.22. The second-order valence-corrected chi connectivity index (χ2v) is 6.53. The molecule has 0 saturated carbocycles. The molecule has 4 aromatic rings. The monoisotopic (exact) mass is 387 g/mol. The Labute approximate surface area is 165 Å². The highest BCUT2D eigenvalue weighted by atomic mass is 16.5. The van der Waals surface area contributed by atoms with Crippen molar-refractivity contribution in [3.63, 3.8) is 0 Å². The lowest BCUT2D eigenvalue weighted by atomic mass is 9.92. The SMILES string of the molecule is CCOc1ccc(-c2n[nH]c(=O)c3c2[C@H](c2ccccc2)n2nnnc2N3)cc1. The first kappa shape index (κ1) is 17.1. The summed E-state index contributed by atoms with van der Waals surface area (Å²) in [6.45, 7) is 2.53. The minimum absolute atomic E-state index is 0.329. The Morgan fingerprint density at radius 2 is 1.90 bits per heavy atom. The first-order valence-electron chi connectivity index (χ1n) is 9.22. The molecular formula is C20H17N7O2. The maximum absolute atomic E-state index is 12.6. The quantitative estimate of drug-likeness (QED) is 0.487. The van der Waals surface area contributed by atoms with Gasteiger partial charge in [-0.3, -0.25) is 4.79 Å². The van der Waals surface area contributed by atoms with Crippen LogP contribution in [-0.4, -0.2) is 37.0 Å². The molecule has 0 spiro atoms. The minimum Gasteiger partial charge on any atom is -0.494 e. The molecule has 0 amide bonds. The van der Waals surface area contributed by atoms with Crippen LogP contribution in [0.1, 0.15) is 24.1 Å². The van der Waals surface area contributed by atoms with Gasteiger partial charge in [0.2, 0.25) is 5.95 Å². The number of nitrogens with zero attached hydrogens (tertiary/aromatic N) is 5. The highest BCUT2D eigenvalue weighted by Crippen LogP contribution is 2.41. The van der Waals surface area contributed by atoms with Crippen LogP contribution in [0.4, 0.5) is 11.6 Å². The summed E-state index contributed by atoms with van der Waals surface area (Å²) in [5.74, 6) is 1.18. The lowest BCUT2D eigenvalue weighted by Gasteiger charge is -2.27. The molecule has 9 nitrogen and oxygen atoms in total. The molecular weight excluding hydrogens is 370 g/mol. The van der Waals surface area contributed by atoms with Gasteiger partial charge < -0.3 is 10.1 Å². The molecule has 5 rings (SSSR count). The van der Waals surface area contributed by atoms with E-state index < -0.39 is 6.04 Å². The maximum Gasteiger partial charge on any atom is 0.288 e. The molecule has 9 heteroatoms. The van der Waals surface area contributed by atoms with Crippen molar-refractivity contribution in [3.05, 3.63) is 76.1 Å². The number of hydrogen-bond donors (Lipinski definition) is 2. The summed E-state index contributed by atoms with van der Waals surface area (Å²) in [6, 6.07) is 17.0. The number of nitrogens with one attached hydrogen (secondary N) is 2. The molecule has 3 heterocycles. The molecule has 2 aromatic carbocycles. The topological polar surface area (TPSA) is 111 Å². The van der Waals surface area contributed by atoms with Gasteiger partial charge in [-0.05, 0) is 47.2 Å². The second-order valence-electron chi connectivity index (χ2n) is 6.53. The van der Waals surface area contributed by atoms with Crippen LogP contribution in [0, 0.1) is 0 Å². The number of hydrogen-bond acceptors (Lipinski definition) is 7. The van der Waals surface area contributed by atoms with E-state index >= 15 is 0 Å². The largest absolute Gasteiger partial charge is 0.494 e. The van der Waals surface area contributed by atoms with Crippen LogP contribution in [0.2, 0.25) is 0 Å². The summed E-state index contributed by atoms with van der Waals surface area (Å²) in [7, 11) is 0. The third-order valence-corrected chi connectivity index (χ3v) is 4.82. The molecule has 0 bridgehead atoms. The zero-order chi connectivity index (χ0) is 19.8. The Morgan fingerprint density at radius 1 is 1.10 bits per heavy atom. The van der Waals surface area contributed by atoms with Crippen molar-refractivity contribution in [3.8, 4) is 17.0 Å². The van der Waals surface area contributed by atoms with Crippen molar-refractivity contribution in [1.29, 1.82) is 0 Å². The highest BCUT2D eigenvalue weighted by Gasteiger charge is 2.34. The van der Waals surface area contributed by atoms with Gasteiger partial charge in [0, 0.05) is 11.1 Å². The first-order chi connectivity index (χ1) is 14.3. The number of rotatable bonds is 4. The fraction of sp³-hybridized carbons (Fsp3) is 0.150. The van der Waals surface area contributed by atoms with Gasteiger partial charge >= 0.3 is 0 Å². The van der Waals surface area contributed by atoms with Gasteiger partial charge in [0.15, 0.2) is 0 Å². The summed E-state index contributed by atoms with van der Waals surface area (Å²) in [5.41, 5.74) is 3.21. The number of aromatic amines is 1. The predicted molar refractivity (Wildman–Crippen MR) is 106 cm³/mol. The minimum atomic E-state index is -0.395. The summed E-state index contributed by atoms with van der Waals surface area (Å²) in [6.07, 6.45) is 0. The Morgan fingerprint density at radius 3 is 2.66 bits per heavy atom. The fourth-order valence-corrected chi connectivity index (χ4v) is 3.58. The third-order valence-electron chi connectivity index (χ3n) is 4.82. The van der Waals surface area contributed by atoms with Crippen molar-refractivity contribution in [2.45, 2.75) is 13.0 Å². The van der Waals surface area contributed by atoms with Crippen LogP contribution in [0.25, 0.3) is 11.3 Å². The molecule has 2 aromatic heterocycles. The van der Waals surface area contributed by atoms with Crippen LogP contribution in [0.5, 0.6) is 5.75 Å². The predicted octanol–water partition coefficient (Wildman–Crippen LogP) is 2.52. The van der Waals surface area contributed by atoms with E-state index in [-0.39, 0.29) is 5.56 Å². The van der Waals surface area contributed by atoms with E-state index in [1.165, 1.54) is 0 Å². The van der Waals surface area contributed by atoms with Crippen LogP contribution >= 0.6 is 0 Å². The van der Waals surface area contributed by atoms with Gasteiger partial charge in [0.25, 0.3) is 5.56 Å². The summed E-state index contributed by atoms with van der Waals surface area (Å²) in [5, 5.41) is 21.9. The number of anilines is 2. The lowest BCUT2D eigenvalue weighted by Crippen LogP contribution is -2.29. The molecule has 144 valence electrons. The molecule has 1 aliphatic rings. The van der Waals surface area contributed by atoms with E-state index in [1.807, 2.05) is 61.5 Å². The van der Waals surface area contributed by atoms with Crippen molar-refractivity contribution >= 4 is 11.6 Å². The Hall–Kier alpha value is -4.01. The van der Waals surface area contributed by atoms with E-state index in [0.717, 1.165) is 16.9 Å². The summed E-state index contributed by atoms with van der Waals surface area (Å²) in [4.78, 5) is 12.6. The highest BCUT2D eigenvalue weighted by molar-refractivity contribution is 5.75. The van der Waals surface area contributed by atoms with E-state index in [4.69, 9.17) is 4.74 Å². The van der Waals surface area contributed by atoms with Gasteiger partial charge in [-0.25, -0.2) is 5.10 Å². The molecule has 0 radical (unpaired) electrons. The van der Waals surface area contributed by atoms with Crippen molar-refractivity contribution in [2.24, 2.45) is 0 Å². The Bertz CT molecular complexity index is 1220. The van der Waals surface area contributed by atoms with E-state index in [1.54, 1.807) is 4.68 Å². The van der Waals surface area contributed by atoms with Crippen molar-refractivity contribution < 1.29 is 4.74 Å². The van der Waals surface area contributed by atoms with Crippen molar-refractivity contribution in [1.82, 2.24) is 30.4 Å². The average Bonchev–Trinajstić information content (AvgIpc) is 3.23. The van der Waals surface area contributed by atoms with E-state index in [9.17, 15) is 4.79 Å². The van der Waals surface area contributed by atoms with E-state index in [0.29, 0.717) is 29.5 Å². The molecule has 29 heavy (non-hydrogen) atoms. The zero-order valence-electron chi connectivity index (χ0n) is 15.5. The smallest absolute Gasteiger partial charge is 0.288 e. The Balaban J connectivity index is 1.74. The normalized spacial score (nSPS) is 14.6. The third kappa shape index (κ3) is 2.83. The maximum atomic E-state index is 12.6. The van der Waals surface area contributed by atoms with Crippen LogP contribution in [0.3, 0.4) is 0 Å².